The number of nitrogens with one attached hydrogen (secondary N) is 1. The molecule has 0 aliphatic heterocycles. The fraction of sp³-hybridized carbons (Fsp3) is 0.143. The molecule has 0 fully saturated rings. The highest BCUT2D eigenvalue weighted by atomic mass is 79.9. The van der Waals surface area contributed by atoms with Gasteiger partial charge in [0.25, 0.3) is 0 Å². The van der Waals surface area contributed by atoms with Gasteiger partial charge in [0.2, 0.25) is 0 Å². The number of rotatable bonds is 3. The van der Waals surface area contributed by atoms with Crippen molar-refractivity contribution in [2.45, 2.75) is 13.8 Å². The zero-order chi connectivity index (χ0) is 14.9. The van der Waals surface area contributed by atoms with E-state index in [4.69, 9.17) is 10.8 Å². The number of aromatic carboxylic acids is 1. The number of benzene rings is 1. The van der Waals surface area contributed by atoms with Crippen molar-refractivity contribution in [3.05, 3.63) is 45.6 Å². The average Bonchev–Trinajstić information content (AvgIpc) is 2.38. The van der Waals surface area contributed by atoms with Crippen LogP contribution in [-0.4, -0.2) is 16.1 Å². The summed E-state index contributed by atoms with van der Waals surface area (Å²) in [5.74, 6) is -0.631. The van der Waals surface area contributed by atoms with Crippen molar-refractivity contribution < 1.29 is 9.90 Å². The summed E-state index contributed by atoms with van der Waals surface area (Å²) in [6.07, 6.45) is 1.34. The summed E-state index contributed by atoms with van der Waals surface area (Å²) in [6.45, 7) is 3.97. The van der Waals surface area contributed by atoms with E-state index in [9.17, 15) is 4.79 Å². The Morgan fingerprint density at radius 2 is 1.90 bits per heavy atom. The second-order valence-corrected chi connectivity index (χ2v) is 5.30. The fourth-order valence-electron chi connectivity index (χ4n) is 1.89. The maximum Gasteiger partial charge on any atom is 0.337 e. The lowest BCUT2D eigenvalue weighted by Gasteiger charge is -2.11. The molecule has 0 bridgehead atoms. The molecule has 0 saturated heterocycles. The highest BCUT2D eigenvalue weighted by Gasteiger charge is 2.10. The van der Waals surface area contributed by atoms with Crippen molar-refractivity contribution in [1.82, 2.24) is 4.98 Å². The number of carboxylic acids is 1. The number of carbonyl (C=O) groups is 1. The van der Waals surface area contributed by atoms with Gasteiger partial charge in [-0.3, -0.25) is 0 Å². The van der Waals surface area contributed by atoms with Gasteiger partial charge in [0.15, 0.2) is 0 Å². The lowest BCUT2D eigenvalue weighted by molar-refractivity contribution is 0.0698. The van der Waals surface area contributed by atoms with Crippen LogP contribution in [0.25, 0.3) is 0 Å². The molecule has 20 heavy (non-hydrogen) atoms. The van der Waals surface area contributed by atoms with E-state index in [2.05, 4.69) is 26.2 Å². The maximum absolute atomic E-state index is 11.0. The third kappa shape index (κ3) is 2.91. The van der Waals surface area contributed by atoms with Crippen LogP contribution < -0.4 is 11.1 Å². The van der Waals surface area contributed by atoms with Crippen LogP contribution >= 0.6 is 15.9 Å². The third-order valence-corrected chi connectivity index (χ3v) is 4.12. The SMILES string of the molecule is Cc1cc(Nc2cc(C(=O)O)c(N)cn2)cc(C)c1Br. The predicted molar refractivity (Wildman–Crippen MR) is 82.5 cm³/mol. The summed E-state index contributed by atoms with van der Waals surface area (Å²) in [4.78, 5) is 15.1. The number of nitrogens with zero attached hydrogens (tertiary/aromatic N) is 1. The van der Waals surface area contributed by atoms with Gasteiger partial charge in [0.05, 0.1) is 17.4 Å². The molecular formula is C14H14BrN3O2. The van der Waals surface area contributed by atoms with Gasteiger partial charge in [-0.15, -0.1) is 0 Å². The molecule has 2 rings (SSSR count). The van der Waals surface area contributed by atoms with Gasteiger partial charge in [-0.1, -0.05) is 15.9 Å². The minimum Gasteiger partial charge on any atom is -0.478 e. The zero-order valence-corrected chi connectivity index (χ0v) is 12.7. The first-order valence-electron chi connectivity index (χ1n) is 5.91. The van der Waals surface area contributed by atoms with E-state index in [-0.39, 0.29) is 11.3 Å². The first-order chi connectivity index (χ1) is 9.38. The summed E-state index contributed by atoms with van der Waals surface area (Å²) in [7, 11) is 0. The number of halogens is 1. The first kappa shape index (κ1) is 14.3. The smallest absolute Gasteiger partial charge is 0.337 e. The van der Waals surface area contributed by atoms with Gasteiger partial charge in [-0.2, -0.15) is 0 Å². The molecule has 4 N–H and O–H groups in total. The third-order valence-electron chi connectivity index (χ3n) is 2.87. The number of nitrogens with two attached hydrogens (primary N) is 1. The highest BCUT2D eigenvalue weighted by Crippen LogP contribution is 2.27. The molecule has 0 unspecified atom stereocenters. The van der Waals surface area contributed by atoms with Crippen LogP contribution in [0.15, 0.2) is 28.9 Å². The van der Waals surface area contributed by atoms with E-state index in [0.717, 1.165) is 21.3 Å². The van der Waals surface area contributed by atoms with E-state index in [1.165, 1.54) is 12.3 Å². The van der Waals surface area contributed by atoms with Crippen molar-refractivity contribution >= 4 is 39.1 Å². The average molecular weight is 336 g/mol. The molecule has 0 aliphatic rings. The van der Waals surface area contributed by atoms with Gasteiger partial charge in [-0.05, 0) is 43.2 Å². The summed E-state index contributed by atoms with van der Waals surface area (Å²) >= 11 is 3.50. The number of aromatic nitrogens is 1. The van der Waals surface area contributed by atoms with E-state index >= 15 is 0 Å². The summed E-state index contributed by atoms with van der Waals surface area (Å²) in [6, 6.07) is 5.33. The molecule has 0 radical (unpaired) electrons. The Balaban J connectivity index is 2.35. The van der Waals surface area contributed by atoms with Crippen LogP contribution in [0.2, 0.25) is 0 Å². The Bertz CT molecular complexity index is 663. The topological polar surface area (TPSA) is 88.2 Å². The molecule has 0 saturated carbocycles. The van der Waals surface area contributed by atoms with Gasteiger partial charge in [0, 0.05) is 10.2 Å². The summed E-state index contributed by atoms with van der Waals surface area (Å²) < 4.78 is 1.06. The minimum atomic E-state index is -1.07. The van der Waals surface area contributed by atoms with Crippen molar-refractivity contribution in [3.63, 3.8) is 0 Å². The Hall–Kier alpha value is -2.08. The minimum absolute atomic E-state index is 0.0352. The number of hydrogen-bond acceptors (Lipinski definition) is 4. The van der Waals surface area contributed by atoms with E-state index < -0.39 is 5.97 Å². The van der Waals surface area contributed by atoms with Crippen LogP contribution in [0.1, 0.15) is 21.5 Å². The number of nitrogen functional groups attached to an aromatic ring is 1. The molecule has 6 heteroatoms. The molecule has 0 atom stereocenters. The fourth-order valence-corrected chi connectivity index (χ4v) is 2.11. The van der Waals surface area contributed by atoms with Crippen molar-refractivity contribution in [3.8, 4) is 0 Å². The number of pyridine rings is 1. The number of aryl methyl sites for hydroxylation is 2. The van der Waals surface area contributed by atoms with Crippen LogP contribution in [0.5, 0.6) is 0 Å². The molecule has 1 heterocycles. The quantitative estimate of drug-likeness (QED) is 0.799. The second-order valence-electron chi connectivity index (χ2n) is 4.51. The normalized spacial score (nSPS) is 10.3. The van der Waals surface area contributed by atoms with Crippen LogP contribution in [0.3, 0.4) is 0 Å². The number of hydrogen-bond donors (Lipinski definition) is 3. The Morgan fingerprint density at radius 3 is 2.45 bits per heavy atom. The van der Waals surface area contributed by atoms with E-state index in [1.807, 2.05) is 26.0 Å². The van der Waals surface area contributed by atoms with Gasteiger partial charge < -0.3 is 16.2 Å². The largest absolute Gasteiger partial charge is 0.478 e. The summed E-state index contributed by atoms with van der Waals surface area (Å²) in [5.41, 5.74) is 8.77. The lowest BCUT2D eigenvalue weighted by Crippen LogP contribution is -2.05. The number of anilines is 3. The predicted octanol–water partition coefficient (Wildman–Crippen LogP) is 3.48. The number of carboxylic acid groups (broad SMARTS) is 1. The Morgan fingerprint density at radius 1 is 1.30 bits per heavy atom. The van der Waals surface area contributed by atoms with Gasteiger partial charge in [0.1, 0.15) is 5.82 Å². The van der Waals surface area contributed by atoms with Crippen LogP contribution in [0.4, 0.5) is 17.2 Å². The monoisotopic (exact) mass is 335 g/mol. The molecule has 0 aliphatic carbocycles. The van der Waals surface area contributed by atoms with E-state index in [1.54, 1.807) is 0 Å². The van der Waals surface area contributed by atoms with Gasteiger partial charge >= 0.3 is 5.97 Å². The van der Waals surface area contributed by atoms with Crippen LogP contribution in [-0.2, 0) is 0 Å². The van der Waals surface area contributed by atoms with Crippen molar-refractivity contribution in [1.29, 1.82) is 0 Å². The first-order valence-corrected chi connectivity index (χ1v) is 6.70. The molecule has 2 aromatic rings. The molecular weight excluding hydrogens is 322 g/mol. The maximum atomic E-state index is 11.0. The molecule has 0 amide bonds. The van der Waals surface area contributed by atoms with E-state index in [0.29, 0.717) is 5.82 Å². The molecule has 5 nitrogen and oxygen atoms in total. The highest BCUT2D eigenvalue weighted by molar-refractivity contribution is 9.10. The molecule has 0 spiro atoms. The van der Waals surface area contributed by atoms with Crippen molar-refractivity contribution in [2.24, 2.45) is 0 Å². The standard InChI is InChI=1S/C14H14BrN3O2/c1-7-3-9(4-8(2)13(7)15)18-12-5-10(14(19)20)11(16)6-17-12/h3-6H,16H2,1-2H3,(H,17,18)(H,19,20). The Kier molecular flexibility index (Phi) is 3.94. The molecule has 1 aromatic carbocycles. The molecule has 1 aromatic heterocycles. The zero-order valence-electron chi connectivity index (χ0n) is 11.1. The van der Waals surface area contributed by atoms with Crippen molar-refractivity contribution in [2.75, 3.05) is 11.1 Å². The molecule has 104 valence electrons. The van der Waals surface area contributed by atoms with Gasteiger partial charge in [-0.25, -0.2) is 9.78 Å². The summed E-state index contributed by atoms with van der Waals surface area (Å²) in [5, 5.41) is 12.1. The Labute approximate surface area is 125 Å². The van der Waals surface area contributed by atoms with Crippen LogP contribution in [0, 0.1) is 13.8 Å². The lowest BCUT2D eigenvalue weighted by atomic mass is 10.1. The second kappa shape index (κ2) is 5.50.